The number of nitrogens with one attached hydrogen (secondary N) is 1. The van der Waals surface area contributed by atoms with E-state index in [2.05, 4.69) is 36.0 Å². The van der Waals surface area contributed by atoms with Crippen LogP contribution >= 0.6 is 0 Å². The number of piperidine rings is 1. The molecule has 1 aliphatic heterocycles. The molecule has 2 rings (SSSR count). The summed E-state index contributed by atoms with van der Waals surface area (Å²) in [4.78, 5) is 19.1. The molecule has 1 N–H and O–H groups in total. The molecular formula is C17H27N3O. The smallest absolute Gasteiger partial charge is 0.225 e. The number of carbonyl (C=O) groups excluding carboxylic acids is 1. The number of hydrogen-bond donors (Lipinski definition) is 1. The summed E-state index contributed by atoms with van der Waals surface area (Å²) in [6.45, 7) is 8.22. The summed E-state index contributed by atoms with van der Waals surface area (Å²) in [5.74, 6) is 1.74. The van der Waals surface area contributed by atoms with Crippen molar-refractivity contribution in [3.8, 4) is 0 Å². The van der Waals surface area contributed by atoms with Crippen LogP contribution in [0.3, 0.4) is 0 Å². The van der Waals surface area contributed by atoms with Crippen LogP contribution in [0.4, 0.5) is 5.82 Å². The summed E-state index contributed by atoms with van der Waals surface area (Å²) in [5.41, 5.74) is 0. The van der Waals surface area contributed by atoms with Gasteiger partial charge in [-0.05, 0) is 37.3 Å². The minimum atomic E-state index is 0.0774. The Morgan fingerprint density at radius 2 is 2.29 bits per heavy atom. The largest absolute Gasteiger partial charge is 0.356 e. The number of nitrogens with zero attached hydrogens (tertiary/aromatic N) is 2. The molecule has 1 aromatic rings. The van der Waals surface area contributed by atoms with Crippen molar-refractivity contribution in [2.24, 2.45) is 11.8 Å². The maximum atomic E-state index is 12.5. The molecule has 1 aliphatic rings. The highest BCUT2D eigenvalue weighted by molar-refractivity contribution is 5.79. The Kier molecular flexibility index (Phi) is 5.59. The monoisotopic (exact) mass is 289 g/mol. The van der Waals surface area contributed by atoms with E-state index in [1.165, 1.54) is 0 Å². The van der Waals surface area contributed by atoms with Gasteiger partial charge < -0.3 is 10.2 Å². The quantitative estimate of drug-likeness (QED) is 0.906. The molecule has 4 heteroatoms. The zero-order chi connectivity index (χ0) is 15.2. The normalized spacial score (nSPS) is 20.4. The molecule has 116 valence electrons. The van der Waals surface area contributed by atoms with E-state index in [1.807, 2.05) is 24.4 Å². The second kappa shape index (κ2) is 7.43. The topological polar surface area (TPSA) is 45.2 Å². The van der Waals surface area contributed by atoms with Crippen LogP contribution in [0.1, 0.15) is 40.0 Å². The Hall–Kier alpha value is -1.58. The number of pyridine rings is 1. The van der Waals surface area contributed by atoms with Crippen molar-refractivity contribution < 1.29 is 4.79 Å². The minimum absolute atomic E-state index is 0.0774. The maximum Gasteiger partial charge on any atom is 0.225 e. The average Bonchev–Trinajstić information content (AvgIpc) is 2.53. The van der Waals surface area contributed by atoms with Crippen molar-refractivity contribution in [1.82, 2.24) is 10.3 Å². The molecule has 0 saturated carbocycles. The fourth-order valence-corrected chi connectivity index (χ4v) is 2.98. The first kappa shape index (κ1) is 15.8. The standard InChI is InChI=1S/C17H27N3O/c1-4-15(13(2)3)19-17(21)14-8-7-11-20(12-14)16-9-5-6-10-18-16/h5-6,9-10,13-15H,4,7-8,11-12H2,1-3H3,(H,19,21)/t14-,15+/m0/s1. The summed E-state index contributed by atoms with van der Waals surface area (Å²) < 4.78 is 0. The fraction of sp³-hybridized carbons (Fsp3) is 0.647. The fourth-order valence-electron chi connectivity index (χ4n) is 2.98. The molecule has 1 saturated heterocycles. The second-order valence-corrected chi connectivity index (χ2v) is 6.24. The van der Waals surface area contributed by atoms with Crippen molar-refractivity contribution in [3.63, 3.8) is 0 Å². The summed E-state index contributed by atoms with van der Waals surface area (Å²) in [5, 5.41) is 3.22. The van der Waals surface area contributed by atoms with Crippen LogP contribution in [0, 0.1) is 11.8 Å². The summed E-state index contributed by atoms with van der Waals surface area (Å²) in [6.07, 6.45) is 4.82. The van der Waals surface area contributed by atoms with Crippen molar-refractivity contribution in [3.05, 3.63) is 24.4 Å². The van der Waals surface area contributed by atoms with Crippen LogP contribution in [0.5, 0.6) is 0 Å². The Labute approximate surface area is 127 Å². The molecule has 1 fully saturated rings. The van der Waals surface area contributed by atoms with E-state index in [-0.39, 0.29) is 17.9 Å². The average molecular weight is 289 g/mol. The van der Waals surface area contributed by atoms with Crippen molar-refractivity contribution in [2.75, 3.05) is 18.0 Å². The van der Waals surface area contributed by atoms with Gasteiger partial charge in [-0.2, -0.15) is 0 Å². The van der Waals surface area contributed by atoms with Gasteiger partial charge in [-0.1, -0.05) is 26.8 Å². The van der Waals surface area contributed by atoms with E-state index in [4.69, 9.17) is 0 Å². The van der Waals surface area contributed by atoms with Gasteiger partial charge in [0.05, 0.1) is 5.92 Å². The van der Waals surface area contributed by atoms with Gasteiger partial charge in [0.1, 0.15) is 5.82 Å². The van der Waals surface area contributed by atoms with Crippen LogP contribution < -0.4 is 10.2 Å². The molecule has 0 aliphatic carbocycles. The number of anilines is 1. The van der Waals surface area contributed by atoms with Gasteiger partial charge in [-0.15, -0.1) is 0 Å². The lowest BCUT2D eigenvalue weighted by atomic mass is 9.95. The van der Waals surface area contributed by atoms with Gasteiger partial charge in [0, 0.05) is 25.3 Å². The van der Waals surface area contributed by atoms with Gasteiger partial charge in [-0.25, -0.2) is 4.98 Å². The SMILES string of the molecule is CC[C@@H](NC(=O)[C@H]1CCCN(c2ccccn2)C1)C(C)C. The zero-order valence-electron chi connectivity index (χ0n) is 13.4. The lowest BCUT2D eigenvalue weighted by molar-refractivity contribution is -0.126. The number of aromatic nitrogens is 1. The third kappa shape index (κ3) is 4.19. The lowest BCUT2D eigenvalue weighted by Gasteiger charge is -2.34. The molecule has 0 unspecified atom stereocenters. The Morgan fingerprint density at radius 1 is 1.48 bits per heavy atom. The first-order valence-corrected chi connectivity index (χ1v) is 8.08. The number of amides is 1. The van der Waals surface area contributed by atoms with Gasteiger partial charge in [0.25, 0.3) is 0 Å². The lowest BCUT2D eigenvalue weighted by Crippen LogP contribution is -2.47. The third-order valence-electron chi connectivity index (χ3n) is 4.34. The van der Waals surface area contributed by atoms with Crippen LogP contribution in [-0.2, 0) is 4.79 Å². The van der Waals surface area contributed by atoms with Crippen LogP contribution in [0.25, 0.3) is 0 Å². The summed E-state index contributed by atoms with van der Waals surface area (Å²) >= 11 is 0. The van der Waals surface area contributed by atoms with Gasteiger partial charge in [-0.3, -0.25) is 4.79 Å². The van der Waals surface area contributed by atoms with Crippen LogP contribution in [0.15, 0.2) is 24.4 Å². The van der Waals surface area contributed by atoms with E-state index in [1.54, 1.807) is 0 Å². The van der Waals surface area contributed by atoms with Gasteiger partial charge >= 0.3 is 0 Å². The molecule has 2 heterocycles. The highest BCUT2D eigenvalue weighted by atomic mass is 16.2. The van der Waals surface area contributed by atoms with Gasteiger partial charge in [0.15, 0.2) is 0 Å². The predicted octanol–water partition coefficient (Wildman–Crippen LogP) is 2.85. The highest BCUT2D eigenvalue weighted by Gasteiger charge is 2.28. The van der Waals surface area contributed by atoms with Crippen LogP contribution in [0.2, 0.25) is 0 Å². The van der Waals surface area contributed by atoms with E-state index in [9.17, 15) is 4.79 Å². The molecule has 21 heavy (non-hydrogen) atoms. The Morgan fingerprint density at radius 3 is 2.90 bits per heavy atom. The first-order chi connectivity index (χ1) is 10.1. The molecular weight excluding hydrogens is 262 g/mol. The summed E-state index contributed by atoms with van der Waals surface area (Å²) in [6, 6.07) is 6.22. The molecule has 2 atom stereocenters. The van der Waals surface area contributed by atoms with Crippen LogP contribution in [-0.4, -0.2) is 30.0 Å². The Bertz CT molecular complexity index is 447. The third-order valence-corrected chi connectivity index (χ3v) is 4.34. The molecule has 0 spiro atoms. The van der Waals surface area contributed by atoms with E-state index >= 15 is 0 Å². The molecule has 1 amide bonds. The Balaban J connectivity index is 1.96. The number of hydrogen-bond acceptors (Lipinski definition) is 3. The maximum absolute atomic E-state index is 12.5. The van der Waals surface area contributed by atoms with Crippen molar-refractivity contribution in [1.29, 1.82) is 0 Å². The molecule has 1 aromatic heterocycles. The van der Waals surface area contributed by atoms with E-state index in [0.717, 1.165) is 38.2 Å². The second-order valence-electron chi connectivity index (χ2n) is 6.24. The molecule has 0 aromatic carbocycles. The molecule has 4 nitrogen and oxygen atoms in total. The highest BCUT2D eigenvalue weighted by Crippen LogP contribution is 2.22. The van der Waals surface area contributed by atoms with E-state index in [0.29, 0.717) is 5.92 Å². The molecule has 0 bridgehead atoms. The zero-order valence-corrected chi connectivity index (χ0v) is 13.4. The molecule has 0 radical (unpaired) electrons. The predicted molar refractivity (Wildman–Crippen MR) is 86.2 cm³/mol. The van der Waals surface area contributed by atoms with Crippen molar-refractivity contribution >= 4 is 11.7 Å². The van der Waals surface area contributed by atoms with Gasteiger partial charge in [0.2, 0.25) is 5.91 Å². The van der Waals surface area contributed by atoms with E-state index < -0.39 is 0 Å². The summed E-state index contributed by atoms with van der Waals surface area (Å²) in [7, 11) is 0. The number of rotatable bonds is 5. The first-order valence-electron chi connectivity index (χ1n) is 8.08. The minimum Gasteiger partial charge on any atom is -0.356 e. The number of carbonyl (C=O) groups is 1. The van der Waals surface area contributed by atoms with Crippen molar-refractivity contribution in [2.45, 2.75) is 46.1 Å².